The standard InChI is InChI=1S/C51H94NO8P/c1-5-7-9-11-13-15-17-19-21-23-25-27-29-31-33-35-37-39-41-43-50(53)57-47-49(48-59-61(55,56)58-46-45-52(3)4)60-51(54)44-42-40-38-36-34-32-30-28-26-24-22-20-18-16-14-12-10-8-6-2/h13,15,19,21,25,27,31,33,49H,5-12,14,16-18,20,22-24,26,28-30,32,34-48H2,1-4H3,(H,55,56)/b15-13-,21-19-,27-25-,33-31-. The topological polar surface area (TPSA) is 112 Å². The number of phosphoric ester groups is 1. The molecule has 0 aliphatic heterocycles. The highest BCUT2D eigenvalue weighted by Crippen LogP contribution is 2.43. The van der Waals surface area contributed by atoms with Crippen LogP contribution in [0.1, 0.15) is 219 Å². The number of nitrogens with zero attached hydrogens (tertiary/aromatic N) is 1. The number of rotatable bonds is 46. The Morgan fingerprint density at radius 1 is 0.508 bits per heavy atom. The zero-order chi connectivity index (χ0) is 44.8. The molecule has 10 heteroatoms. The molecule has 356 valence electrons. The molecule has 0 fully saturated rings. The van der Waals surface area contributed by atoms with Crippen LogP contribution in [0.15, 0.2) is 48.6 Å². The zero-order valence-corrected chi connectivity index (χ0v) is 40.7. The van der Waals surface area contributed by atoms with Crippen molar-refractivity contribution in [3.63, 3.8) is 0 Å². The van der Waals surface area contributed by atoms with Crippen molar-refractivity contribution in [3.8, 4) is 0 Å². The van der Waals surface area contributed by atoms with Gasteiger partial charge in [-0.3, -0.25) is 18.6 Å². The lowest BCUT2D eigenvalue weighted by Crippen LogP contribution is -2.29. The van der Waals surface area contributed by atoms with Crippen molar-refractivity contribution in [1.82, 2.24) is 4.90 Å². The van der Waals surface area contributed by atoms with Gasteiger partial charge in [0.15, 0.2) is 6.10 Å². The summed E-state index contributed by atoms with van der Waals surface area (Å²) in [4.78, 5) is 37.2. The number of unbranched alkanes of at least 4 members (excludes halogenated alkanes) is 24. The number of carbonyl (C=O) groups is 2. The summed E-state index contributed by atoms with van der Waals surface area (Å²) in [5, 5.41) is 0. The van der Waals surface area contributed by atoms with Gasteiger partial charge in [0.2, 0.25) is 0 Å². The average Bonchev–Trinajstić information content (AvgIpc) is 3.23. The van der Waals surface area contributed by atoms with E-state index in [4.69, 9.17) is 18.5 Å². The monoisotopic (exact) mass is 880 g/mol. The van der Waals surface area contributed by atoms with E-state index in [0.29, 0.717) is 19.4 Å². The molecular formula is C51H94NO8P. The van der Waals surface area contributed by atoms with Gasteiger partial charge in [-0.15, -0.1) is 0 Å². The van der Waals surface area contributed by atoms with Gasteiger partial charge in [0.1, 0.15) is 6.61 Å². The maximum atomic E-state index is 12.7. The summed E-state index contributed by atoms with van der Waals surface area (Å²) < 4.78 is 33.6. The van der Waals surface area contributed by atoms with Crippen LogP contribution in [0.25, 0.3) is 0 Å². The average molecular weight is 880 g/mol. The molecule has 0 amide bonds. The number of allylic oxidation sites excluding steroid dienone is 8. The second-order valence-electron chi connectivity index (χ2n) is 17.0. The van der Waals surface area contributed by atoms with Crippen LogP contribution in [0, 0.1) is 0 Å². The summed E-state index contributed by atoms with van der Waals surface area (Å²) in [7, 11) is -0.725. The number of likely N-dealkylation sites (N-methyl/N-ethyl adjacent to an activating group) is 1. The Hall–Kier alpha value is -2.03. The highest BCUT2D eigenvalue weighted by Gasteiger charge is 2.26. The summed E-state index contributed by atoms with van der Waals surface area (Å²) in [6.07, 6.45) is 53.0. The van der Waals surface area contributed by atoms with Crippen molar-refractivity contribution in [1.29, 1.82) is 0 Å². The van der Waals surface area contributed by atoms with Crippen LogP contribution in [0.3, 0.4) is 0 Å². The van der Waals surface area contributed by atoms with Gasteiger partial charge in [0.25, 0.3) is 0 Å². The molecule has 2 unspecified atom stereocenters. The number of hydrogen-bond acceptors (Lipinski definition) is 8. The van der Waals surface area contributed by atoms with Crippen molar-refractivity contribution in [3.05, 3.63) is 48.6 Å². The predicted octanol–water partition coefficient (Wildman–Crippen LogP) is 14.9. The van der Waals surface area contributed by atoms with Crippen molar-refractivity contribution in [2.24, 2.45) is 0 Å². The van der Waals surface area contributed by atoms with Gasteiger partial charge in [-0.1, -0.05) is 197 Å². The first kappa shape index (κ1) is 59.0. The molecule has 0 heterocycles. The molecule has 0 radical (unpaired) electrons. The first-order chi connectivity index (χ1) is 29.7. The maximum absolute atomic E-state index is 12.7. The highest BCUT2D eigenvalue weighted by atomic mass is 31.2. The van der Waals surface area contributed by atoms with Crippen LogP contribution in [0.4, 0.5) is 0 Å². The summed E-state index contributed by atoms with van der Waals surface area (Å²) >= 11 is 0. The Bertz CT molecular complexity index is 1150. The molecule has 0 aromatic rings. The SMILES string of the molecule is CCCCC/C=C\C/C=C\C/C=C\C/C=C\CCCCCC(=O)OCC(COP(=O)(O)OCCN(C)C)OC(=O)CCCCCCCCCCCCCCCCCCCCC. The molecule has 0 aliphatic rings. The van der Waals surface area contributed by atoms with Gasteiger partial charge in [0, 0.05) is 19.4 Å². The first-order valence-electron chi connectivity index (χ1n) is 24.9. The van der Waals surface area contributed by atoms with E-state index < -0.39 is 32.5 Å². The van der Waals surface area contributed by atoms with Crippen LogP contribution in [-0.4, -0.2) is 68.3 Å². The summed E-state index contributed by atoms with van der Waals surface area (Å²) in [5.74, 6) is -0.832. The molecule has 9 nitrogen and oxygen atoms in total. The third-order valence-electron chi connectivity index (χ3n) is 10.6. The predicted molar refractivity (Wildman–Crippen MR) is 257 cm³/mol. The molecule has 61 heavy (non-hydrogen) atoms. The molecule has 0 bridgehead atoms. The van der Waals surface area contributed by atoms with Gasteiger partial charge in [-0.05, 0) is 71.9 Å². The first-order valence-corrected chi connectivity index (χ1v) is 26.4. The Balaban J connectivity index is 4.25. The lowest BCUT2D eigenvalue weighted by atomic mass is 10.0. The van der Waals surface area contributed by atoms with Crippen LogP contribution in [0.5, 0.6) is 0 Å². The minimum Gasteiger partial charge on any atom is -0.462 e. The molecule has 1 N–H and O–H groups in total. The Labute approximate surface area is 375 Å². The van der Waals surface area contributed by atoms with Gasteiger partial charge in [0.05, 0.1) is 13.2 Å². The molecule has 0 spiro atoms. The van der Waals surface area contributed by atoms with Crippen molar-refractivity contribution in [2.45, 2.75) is 225 Å². The summed E-state index contributed by atoms with van der Waals surface area (Å²) in [6, 6.07) is 0. The van der Waals surface area contributed by atoms with E-state index in [1.54, 1.807) is 0 Å². The highest BCUT2D eigenvalue weighted by molar-refractivity contribution is 7.47. The summed E-state index contributed by atoms with van der Waals surface area (Å²) in [6.45, 7) is 4.29. The van der Waals surface area contributed by atoms with E-state index in [1.807, 2.05) is 19.0 Å². The lowest BCUT2D eigenvalue weighted by molar-refractivity contribution is -0.161. The molecule has 2 atom stereocenters. The molecule has 0 aromatic heterocycles. The fraction of sp³-hybridized carbons (Fsp3) is 0.804. The second kappa shape index (κ2) is 46.0. The lowest BCUT2D eigenvalue weighted by Gasteiger charge is -2.20. The number of esters is 2. The summed E-state index contributed by atoms with van der Waals surface area (Å²) in [5.41, 5.74) is 0. The van der Waals surface area contributed by atoms with Gasteiger partial charge in [-0.2, -0.15) is 0 Å². The van der Waals surface area contributed by atoms with E-state index in [9.17, 15) is 19.0 Å². The van der Waals surface area contributed by atoms with E-state index in [1.165, 1.54) is 128 Å². The fourth-order valence-corrected chi connectivity index (χ4v) is 7.53. The second-order valence-corrected chi connectivity index (χ2v) is 18.5. The molecule has 0 saturated heterocycles. The third-order valence-corrected chi connectivity index (χ3v) is 11.6. The van der Waals surface area contributed by atoms with Gasteiger partial charge < -0.3 is 19.3 Å². The molecule has 0 aromatic carbocycles. The van der Waals surface area contributed by atoms with Gasteiger partial charge in [-0.25, -0.2) is 4.57 Å². The third kappa shape index (κ3) is 47.3. The van der Waals surface area contributed by atoms with E-state index >= 15 is 0 Å². The maximum Gasteiger partial charge on any atom is 0.472 e. The number of ether oxygens (including phenoxy) is 2. The smallest absolute Gasteiger partial charge is 0.462 e. The number of phosphoric acid groups is 1. The van der Waals surface area contributed by atoms with E-state index in [0.717, 1.165) is 51.4 Å². The fourth-order valence-electron chi connectivity index (χ4n) is 6.79. The molecule has 0 rings (SSSR count). The van der Waals surface area contributed by atoms with Gasteiger partial charge >= 0.3 is 19.8 Å². The van der Waals surface area contributed by atoms with Crippen LogP contribution < -0.4 is 0 Å². The van der Waals surface area contributed by atoms with E-state index in [-0.39, 0.29) is 26.1 Å². The van der Waals surface area contributed by atoms with Crippen LogP contribution >= 0.6 is 7.82 Å². The largest absolute Gasteiger partial charge is 0.472 e. The van der Waals surface area contributed by atoms with Crippen molar-refractivity contribution < 1.29 is 37.6 Å². The minimum atomic E-state index is -4.37. The normalized spacial score (nSPS) is 13.7. The Kier molecular flexibility index (Phi) is 44.4. The number of carbonyl (C=O) groups excluding carboxylic acids is 2. The minimum absolute atomic E-state index is 0.00202. The molecule has 0 saturated carbocycles. The Morgan fingerprint density at radius 2 is 0.885 bits per heavy atom. The van der Waals surface area contributed by atoms with Crippen LogP contribution in [0.2, 0.25) is 0 Å². The molecule has 0 aliphatic carbocycles. The molecular weight excluding hydrogens is 786 g/mol. The quantitative estimate of drug-likeness (QED) is 0.0276. The van der Waals surface area contributed by atoms with E-state index in [2.05, 4.69) is 62.5 Å². The number of hydrogen-bond donors (Lipinski definition) is 1. The zero-order valence-electron chi connectivity index (χ0n) is 39.9. The van der Waals surface area contributed by atoms with Crippen molar-refractivity contribution in [2.75, 3.05) is 40.5 Å². The van der Waals surface area contributed by atoms with Crippen LogP contribution in [-0.2, 0) is 32.7 Å². The van der Waals surface area contributed by atoms with Crippen molar-refractivity contribution >= 4 is 19.8 Å². The Morgan fingerprint density at radius 3 is 1.34 bits per heavy atom.